The Morgan fingerprint density at radius 3 is 2.47 bits per heavy atom. The smallest absolute Gasteiger partial charge is 0.274 e. The van der Waals surface area contributed by atoms with E-state index < -0.39 is 0 Å². The number of piperidine rings is 1. The highest BCUT2D eigenvalue weighted by molar-refractivity contribution is 5.92. The second-order valence-electron chi connectivity index (χ2n) is 7.82. The molecule has 0 atom stereocenters. The maximum atomic E-state index is 12.7. The number of amides is 1. The molecule has 1 saturated heterocycles. The molecule has 1 amide bonds. The van der Waals surface area contributed by atoms with Crippen molar-refractivity contribution in [3.8, 4) is 0 Å². The summed E-state index contributed by atoms with van der Waals surface area (Å²) in [5.74, 6) is 1.10. The number of nitrogens with zero attached hydrogens (tertiary/aromatic N) is 5. The van der Waals surface area contributed by atoms with E-state index in [0.717, 1.165) is 47.1 Å². The van der Waals surface area contributed by atoms with Crippen LogP contribution < -0.4 is 5.32 Å². The van der Waals surface area contributed by atoms with Crippen molar-refractivity contribution in [3.05, 3.63) is 71.2 Å². The van der Waals surface area contributed by atoms with Crippen molar-refractivity contribution in [3.63, 3.8) is 0 Å². The number of rotatable bonds is 4. The molecule has 4 rings (SSSR count). The SMILES string of the molecule is Cc1cnc(C(=O)N2CCC(c3cc(Nc4cccc(C)n4)cc(C)n3)CC2)cn1. The van der Waals surface area contributed by atoms with Gasteiger partial charge in [0.1, 0.15) is 11.5 Å². The topological polar surface area (TPSA) is 83.9 Å². The van der Waals surface area contributed by atoms with Crippen LogP contribution in [0.4, 0.5) is 11.5 Å². The predicted molar refractivity (Wildman–Crippen MR) is 116 cm³/mol. The first kappa shape index (κ1) is 19.9. The van der Waals surface area contributed by atoms with Crippen LogP contribution in [0.2, 0.25) is 0 Å². The van der Waals surface area contributed by atoms with Crippen molar-refractivity contribution >= 4 is 17.4 Å². The zero-order valence-electron chi connectivity index (χ0n) is 17.6. The number of hydrogen-bond donors (Lipinski definition) is 1. The van der Waals surface area contributed by atoms with E-state index in [1.54, 1.807) is 12.4 Å². The van der Waals surface area contributed by atoms with Gasteiger partial charge in [-0.15, -0.1) is 0 Å². The number of carbonyl (C=O) groups is 1. The van der Waals surface area contributed by atoms with E-state index in [0.29, 0.717) is 24.7 Å². The molecule has 1 N–H and O–H groups in total. The third-order valence-electron chi connectivity index (χ3n) is 5.33. The lowest BCUT2D eigenvalue weighted by atomic mass is 9.92. The van der Waals surface area contributed by atoms with Crippen molar-refractivity contribution in [1.29, 1.82) is 0 Å². The number of hydrogen-bond acceptors (Lipinski definition) is 6. The monoisotopic (exact) mass is 402 g/mol. The Labute approximate surface area is 176 Å². The van der Waals surface area contributed by atoms with E-state index in [2.05, 4.69) is 26.3 Å². The Morgan fingerprint density at radius 1 is 0.967 bits per heavy atom. The van der Waals surface area contributed by atoms with Gasteiger partial charge in [0.05, 0.1) is 11.9 Å². The zero-order valence-corrected chi connectivity index (χ0v) is 17.6. The standard InChI is InChI=1S/C23H26N6O/c1-15-5-4-6-22(27-15)28-19-11-16(2)26-20(12-19)18-7-9-29(10-8-18)23(30)21-14-24-17(3)13-25-21/h4-6,11-14,18H,7-10H2,1-3H3,(H,26,27,28). The van der Waals surface area contributed by atoms with E-state index in [1.165, 1.54) is 0 Å². The molecule has 7 nitrogen and oxygen atoms in total. The normalized spacial score (nSPS) is 14.6. The highest BCUT2D eigenvalue weighted by Gasteiger charge is 2.26. The molecule has 1 aliphatic rings. The van der Waals surface area contributed by atoms with Gasteiger partial charge in [-0.3, -0.25) is 14.8 Å². The Morgan fingerprint density at radius 2 is 1.77 bits per heavy atom. The van der Waals surface area contributed by atoms with E-state index in [1.807, 2.05) is 49.9 Å². The lowest BCUT2D eigenvalue weighted by Crippen LogP contribution is -2.38. The summed E-state index contributed by atoms with van der Waals surface area (Å²) in [6, 6.07) is 10.1. The highest BCUT2D eigenvalue weighted by atomic mass is 16.2. The first-order valence-electron chi connectivity index (χ1n) is 10.2. The molecule has 30 heavy (non-hydrogen) atoms. The van der Waals surface area contributed by atoms with E-state index in [-0.39, 0.29) is 5.91 Å². The molecule has 7 heteroatoms. The van der Waals surface area contributed by atoms with Crippen LogP contribution in [0.15, 0.2) is 42.7 Å². The number of anilines is 2. The highest BCUT2D eigenvalue weighted by Crippen LogP contribution is 2.30. The third kappa shape index (κ3) is 4.62. The van der Waals surface area contributed by atoms with Gasteiger partial charge in [0.25, 0.3) is 5.91 Å². The van der Waals surface area contributed by atoms with E-state index in [9.17, 15) is 4.79 Å². The largest absolute Gasteiger partial charge is 0.340 e. The maximum absolute atomic E-state index is 12.7. The van der Waals surface area contributed by atoms with Crippen molar-refractivity contribution < 1.29 is 4.79 Å². The molecule has 154 valence electrons. The van der Waals surface area contributed by atoms with Crippen molar-refractivity contribution in [2.45, 2.75) is 39.5 Å². The Bertz CT molecular complexity index is 1040. The summed E-state index contributed by atoms with van der Waals surface area (Å²) in [6.07, 6.45) is 4.95. The fraction of sp³-hybridized carbons (Fsp3) is 0.348. The minimum absolute atomic E-state index is 0.0500. The molecule has 3 aromatic heterocycles. The molecular formula is C23H26N6O. The molecule has 0 bridgehead atoms. The Balaban J connectivity index is 1.43. The van der Waals surface area contributed by atoms with Crippen LogP contribution in [0.1, 0.15) is 52.0 Å². The second kappa shape index (κ2) is 8.57. The van der Waals surface area contributed by atoms with Crippen LogP contribution in [0.25, 0.3) is 0 Å². The van der Waals surface area contributed by atoms with Gasteiger partial charge in [-0.1, -0.05) is 6.07 Å². The molecule has 1 fully saturated rings. The zero-order chi connectivity index (χ0) is 21.1. The minimum atomic E-state index is -0.0500. The summed E-state index contributed by atoms with van der Waals surface area (Å²) in [5.41, 5.74) is 5.21. The van der Waals surface area contributed by atoms with Gasteiger partial charge in [-0.05, 0) is 57.9 Å². The summed E-state index contributed by atoms with van der Waals surface area (Å²) in [7, 11) is 0. The quantitative estimate of drug-likeness (QED) is 0.711. The maximum Gasteiger partial charge on any atom is 0.274 e. The van der Waals surface area contributed by atoms with Crippen LogP contribution in [0.5, 0.6) is 0 Å². The Hall–Kier alpha value is -3.35. The summed E-state index contributed by atoms with van der Waals surface area (Å²) in [5, 5.41) is 3.39. The van der Waals surface area contributed by atoms with Gasteiger partial charge < -0.3 is 10.2 Å². The van der Waals surface area contributed by atoms with Gasteiger partial charge in [-0.25, -0.2) is 9.97 Å². The van der Waals surface area contributed by atoms with Gasteiger partial charge >= 0.3 is 0 Å². The van der Waals surface area contributed by atoms with Crippen LogP contribution in [-0.4, -0.2) is 43.8 Å². The Kier molecular flexibility index (Phi) is 5.70. The summed E-state index contributed by atoms with van der Waals surface area (Å²) in [4.78, 5) is 32.2. The molecule has 0 saturated carbocycles. The first-order valence-corrected chi connectivity index (χ1v) is 10.2. The molecule has 4 heterocycles. The van der Waals surface area contributed by atoms with Gasteiger partial charge in [0.15, 0.2) is 0 Å². The molecule has 1 aliphatic heterocycles. The summed E-state index contributed by atoms with van der Waals surface area (Å²) < 4.78 is 0. The molecule has 0 unspecified atom stereocenters. The minimum Gasteiger partial charge on any atom is -0.340 e. The van der Waals surface area contributed by atoms with Crippen molar-refractivity contribution in [2.75, 3.05) is 18.4 Å². The summed E-state index contributed by atoms with van der Waals surface area (Å²) >= 11 is 0. The fourth-order valence-electron chi connectivity index (χ4n) is 3.78. The molecule has 0 aromatic carbocycles. The van der Waals surface area contributed by atoms with Gasteiger partial charge in [-0.2, -0.15) is 0 Å². The molecule has 0 spiro atoms. The number of nitrogens with one attached hydrogen (secondary N) is 1. The average molecular weight is 403 g/mol. The number of likely N-dealkylation sites (tertiary alicyclic amines) is 1. The first-order chi connectivity index (χ1) is 14.5. The molecular weight excluding hydrogens is 376 g/mol. The lowest BCUT2D eigenvalue weighted by Gasteiger charge is -2.31. The molecule has 3 aromatic rings. The third-order valence-corrected chi connectivity index (χ3v) is 5.33. The number of carbonyl (C=O) groups excluding carboxylic acids is 1. The van der Waals surface area contributed by atoms with Crippen molar-refractivity contribution in [1.82, 2.24) is 24.8 Å². The lowest BCUT2D eigenvalue weighted by molar-refractivity contribution is 0.0705. The van der Waals surface area contributed by atoms with E-state index >= 15 is 0 Å². The average Bonchev–Trinajstić information content (AvgIpc) is 2.73. The predicted octanol–water partition coefficient (Wildman–Crippen LogP) is 3.96. The number of aryl methyl sites for hydroxylation is 3. The number of aromatic nitrogens is 4. The van der Waals surface area contributed by atoms with Gasteiger partial charge in [0.2, 0.25) is 0 Å². The van der Waals surface area contributed by atoms with Crippen LogP contribution >= 0.6 is 0 Å². The van der Waals surface area contributed by atoms with Crippen molar-refractivity contribution in [2.24, 2.45) is 0 Å². The molecule has 0 radical (unpaired) electrons. The molecule has 0 aliphatic carbocycles. The second-order valence-corrected chi connectivity index (χ2v) is 7.82. The van der Waals surface area contributed by atoms with Crippen LogP contribution in [0.3, 0.4) is 0 Å². The number of pyridine rings is 2. The summed E-state index contributed by atoms with van der Waals surface area (Å²) in [6.45, 7) is 7.23. The fourth-order valence-corrected chi connectivity index (χ4v) is 3.78. The van der Waals surface area contributed by atoms with Crippen LogP contribution in [0, 0.1) is 20.8 Å². The van der Waals surface area contributed by atoms with Gasteiger partial charge in [0, 0.05) is 48.0 Å². The van der Waals surface area contributed by atoms with E-state index in [4.69, 9.17) is 4.98 Å². The van der Waals surface area contributed by atoms with Crippen LogP contribution in [-0.2, 0) is 0 Å².